The largest absolute Gasteiger partial charge is 0.342 e. The highest BCUT2D eigenvalue weighted by Gasteiger charge is 2.27. The van der Waals surface area contributed by atoms with Gasteiger partial charge in [-0.25, -0.2) is 4.98 Å². The van der Waals surface area contributed by atoms with Gasteiger partial charge in [0.25, 0.3) is 5.56 Å². The van der Waals surface area contributed by atoms with E-state index in [1.807, 2.05) is 35.2 Å². The molecule has 2 aromatic heterocycles. The zero-order chi connectivity index (χ0) is 22.8. The molecule has 0 atom stereocenters. The highest BCUT2D eigenvalue weighted by Crippen LogP contribution is 2.34. The molecule has 1 aromatic carbocycles. The van der Waals surface area contributed by atoms with E-state index in [4.69, 9.17) is 0 Å². The van der Waals surface area contributed by atoms with Crippen LogP contribution in [0.3, 0.4) is 0 Å². The molecular formula is C24H26N4O3S2. The number of nitrogens with one attached hydrogen (secondary N) is 2. The summed E-state index contributed by atoms with van der Waals surface area (Å²) in [5, 5.41) is 3.72. The van der Waals surface area contributed by atoms with E-state index in [0.29, 0.717) is 43.3 Å². The molecule has 0 saturated carbocycles. The fourth-order valence-corrected chi connectivity index (χ4v) is 6.67. The number of benzene rings is 1. The highest BCUT2D eigenvalue weighted by atomic mass is 32.2. The lowest BCUT2D eigenvalue weighted by atomic mass is 9.96. The average molecular weight is 483 g/mol. The number of likely N-dealkylation sites (tertiary alicyclic amines) is 1. The first kappa shape index (κ1) is 22.2. The number of thiophene rings is 1. The minimum Gasteiger partial charge on any atom is -0.342 e. The first-order valence-corrected chi connectivity index (χ1v) is 13.3. The van der Waals surface area contributed by atoms with Crippen molar-refractivity contribution >= 4 is 50.8 Å². The molecule has 9 heteroatoms. The Labute approximate surface area is 200 Å². The molecule has 33 heavy (non-hydrogen) atoms. The Morgan fingerprint density at radius 3 is 2.76 bits per heavy atom. The highest BCUT2D eigenvalue weighted by molar-refractivity contribution is 7.99. The van der Waals surface area contributed by atoms with Crippen molar-refractivity contribution in [1.29, 1.82) is 0 Å². The number of piperidine rings is 1. The van der Waals surface area contributed by atoms with Gasteiger partial charge in [-0.3, -0.25) is 14.4 Å². The second-order valence-electron chi connectivity index (χ2n) is 8.55. The standard InChI is InChI=1S/C24H26N4O3S2/c29-20(28-11-9-15(10-12-28)22(30)25-16-5-2-1-3-6-16)14-32-13-19-26-23(31)21-17-7-4-8-18(17)33-24(21)27-19/h1-3,5-6,15H,4,7-14H2,(H,25,30)(H,26,27,31). The van der Waals surface area contributed by atoms with Gasteiger partial charge in [-0.1, -0.05) is 18.2 Å². The van der Waals surface area contributed by atoms with Crippen LogP contribution in [0.15, 0.2) is 35.1 Å². The molecule has 3 heterocycles. The summed E-state index contributed by atoms with van der Waals surface area (Å²) in [6, 6.07) is 9.45. The number of fused-ring (bicyclic) bond motifs is 3. The Hall–Kier alpha value is -2.65. The lowest BCUT2D eigenvalue weighted by molar-refractivity contribution is -0.132. The number of carbonyl (C=O) groups is 2. The number of para-hydroxylation sites is 1. The van der Waals surface area contributed by atoms with Crippen LogP contribution in [-0.2, 0) is 28.2 Å². The molecule has 3 aromatic rings. The topological polar surface area (TPSA) is 95.2 Å². The molecule has 7 nitrogen and oxygen atoms in total. The van der Waals surface area contributed by atoms with Crippen LogP contribution in [0.25, 0.3) is 10.2 Å². The zero-order valence-electron chi connectivity index (χ0n) is 18.3. The summed E-state index contributed by atoms with van der Waals surface area (Å²) in [5.74, 6) is 1.48. The summed E-state index contributed by atoms with van der Waals surface area (Å²) in [4.78, 5) is 49.2. The number of nitrogens with zero attached hydrogens (tertiary/aromatic N) is 2. The summed E-state index contributed by atoms with van der Waals surface area (Å²) >= 11 is 3.10. The number of amides is 2. The normalized spacial score (nSPS) is 16.2. The number of thioether (sulfide) groups is 1. The number of H-pyrrole nitrogens is 1. The predicted octanol–water partition coefficient (Wildman–Crippen LogP) is 3.58. The van der Waals surface area contributed by atoms with Gasteiger partial charge in [0.1, 0.15) is 10.7 Å². The molecule has 0 unspecified atom stereocenters. The lowest BCUT2D eigenvalue weighted by Gasteiger charge is -2.31. The number of hydrogen-bond acceptors (Lipinski definition) is 6. The first-order chi connectivity index (χ1) is 16.1. The van der Waals surface area contributed by atoms with E-state index in [0.717, 1.165) is 35.2 Å². The van der Waals surface area contributed by atoms with Crippen molar-refractivity contribution in [3.05, 3.63) is 57.0 Å². The second kappa shape index (κ2) is 9.69. The van der Waals surface area contributed by atoms with Crippen molar-refractivity contribution in [1.82, 2.24) is 14.9 Å². The van der Waals surface area contributed by atoms with Gasteiger partial charge >= 0.3 is 0 Å². The van der Waals surface area contributed by atoms with Crippen LogP contribution in [0.4, 0.5) is 5.69 Å². The molecular weight excluding hydrogens is 456 g/mol. The second-order valence-corrected chi connectivity index (χ2v) is 10.6. The smallest absolute Gasteiger partial charge is 0.259 e. The third-order valence-corrected chi connectivity index (χ3v) is 8.46. The van der Waals surface area contributed by atoms with E-state index in [1.165, 1.54) is 22.2 Å². The number of anilines is 1. The summed E-state index contributed by atoms with van der Waals surface area (Å²) < 4.78 is 0. The molecule has 0 bridgehead atoms. The molecule has 5 rings (SSSR count). The molecule has 1 aliphatic carbocycles. The number of aromatic nitrogens is 2. The van der Waals surface area contributed by atoms with Gasteiger partial charge in [0.15, 0.2) is 0 Å². The van der Waals surface area contributed by atoms with Crippen LogP contribution in [0.2, 0.25) is 0 Å². The molecule has 1 aliphatic heterocycles. The van der Waals surface area contributed by atoms with Crippen molar-refractivity contribution in [2.24, 2.45) is 5.92 Å². The van der Waals surface area contributed by atoms with Crippen LogP contribution in [0.5, 0.6) is 0 Å². The van der Waals surface area contributed by atoms with E-state index >= 15 is 0 Å². The summed E-state index contributed by atoms with van der Waals surface area (Å²) in [7, 11) is 0. The molecule has 0 spiro atoms. The monoisotopic (exact) mass is 482 g/mol. The number of aromatic amines is 1. The molecule has 2 N–H and O–H groups in total. The number of carbonyl (C=O) groups excluding carboxylic acids is 2. The van der Waals surface area contributed by atoms with Crippen LogP contribution in [0, 0.1) is 5.92 Å². The predicted molar refractivity (Wildman–Crippen MR) is 133 cm³/mol. The Morgan fingerprint density at radius 2 is 1.97 bits per heavy atom. The van der Waals surface area contributed by atoms with Gasteiger partial charge in [0.2, 0.25) is 11.8 Å². The fraction of sp³-hybridized carbons (Fsp3) is 0.417. The van der Waals surface area contributed by atoms with E-state index in [2.05, 4.69) is 15.3 Å². The minimum absolute atomic E-state index is 0.0210. The quantitative estimate of drug-likeness (QED) is 0.560. The summed E-state index contributed by atoms with van der Waals surface area (Å²) in [6.07, 6.45) is 4.46. The van der Waals surface area contributed by atoms with E-state index in [-0.39, 0.29) is 23.3 Å². The summed E-state index contributed by atoms with van der Waals surface area (Å²) in [5.41, 5.74) is 1.92. The maximum Gasteiger partial charge on any atom is 0.259 e. The Morgan fingerprint density at radius 1 is 1.18 bits per heavy atom. The van der Waals surface area contributed by atoms with Crippen LogP contribution in [0.1, 0.15) is 35.5 Å². The third kappa shape index (κ3) is 4.84. The third-order valence-electron chi connectivity index (χ3n) is 6.35. The molecule has 1 saturated heterocycles. The van der Waals surface area contributed by atoms with Gasteiger partial charge in [0.05, 0.1) is 16.9 Å². The minimum atomic E-state index is -0.0738. The Balaban J connectivity index is 1.10. The van der Waals surface area contributed by atoms with Gasteiger partial charge in [-0.2, -0.15) is 0 Å². The summed E-state index contributed by atoms with van der Waals surface area (Å²) in [6.45, 7) is 1.18. The van der Waals surface area contributed by atoms with Crippen molar-refractivity contribution in [3.8, 4) is 0 Å². The average Bonchev–Trinajstić information content (AvgIpc) is 3.41. The van der Waals surface area contributed by atoms with Crippen LogP contribution < -0.4 is 10.9 Å². The molecule has 0 radical (unpaired) electrons. The van der Waals surface area contributed by atoms with Crippen LogP contribution >= 0.6 is 23.1 Å². The van der Waals surface area contributed by atoms with Crippen molar-refractivity contribution in [2.75, 3.05) is 24.2 Å². The molecule has 2 aliphatic rings. The van der Waals surface area contributed by atoms with E-state index in [1.54, 1.807) is 11.3 Å². The van der Waals surface area contributed by atoms with Gasteiger partial charge in [-0.15, -0.1) is 23.1 Å². The Bertz CT molecular complexity index is 1230. The molecule has 1 fully saturated rings. The maximum absolute atomic E-state index is 12.6. The number of hydrogen-bond donors (Lipinski definition) is 2. The number of aryl methyl sites for hydroxylation is 2. The van der Waals surface area contributed by atoms with E-state index in [9.17, 15) is 14.4 Å². The SMILES string of the molecule is O=C(Nc1ccccc1)C1CCN(C(=O)CSCc2nc3sc4c(c3c(=O)[nH]2)CCC4)CC1. The maximum atomic E-state index is 12.6. The van der Waals surface area contributed by atoms with Crippen molar-refractivity contribution in [2.45, 2.75) is 37.9 Å². The van der Waals surface area contributed by atoms with Gasteiger partial charge in [-0.05, 0) is 49.8 Å². The fourth-order valence-electron chi connectivity index (χ4n) is 4.60. The Kier molecular flexibility index (Phi) is 6.50. The van der Waals surface area contributed by atoms with Gasteiger partial charge in [0, 0.05) is 29.6 Å². The molecule has 172 valence electrons. The van der Waals surface area contributed by atoms with Gasteiger partial charge < -0.3 is 15.2 Å². The molecule has 2 amide bonds. The van der Waals surface area contributed by atoms with Crippen molar-refractivity contribution < 1.29 is 9.59 Å². The van der Waals surface area contributed by atoms with Crippen molar-refractivity contribution in [3.63, 3.8) is 0 Å². The zero-order valence-corrected chi connectivity index (χ0v) is 19.9. The van der Waals surface area contributed by atoms with E-state index < -0.39 is 0 Å². The first-order valence-electron chi connectivity index (χ1n) is 11.3. The van der Waals surface area contributed by atoms with Crippen LogP contribution in [-0.4, -0.2) is 45.5 Å². The number of rotatable bonds is 6. The lowest BCUT2D eigenvalue weighted by Crippen LogP contribution is -2.42.